The lowest BCUT2D eigenvalue weighted by atomic mass is 10.2. The Kier molecular flexibility index (Phi) is 28.6. The van der Waals surface area contributed by atoms with Crippen LogP contribution in [0, 0.1) is 0 Å². The molecule has 3 aromatic rings. The molecule has 0 fully saturated rings. The van der Waals surface area contributed by atoms with E-state index in [-0.39, 0.29) is 23.9 Å². The molecule has 47 heavy (non-hydrogen) atoms. The van der Waals surface area contributed by atoms with Crippen LogP contribution in [0.25, 0.3) is 11.8 Å². The summed E-state index contributed by atoms with van der Waals surface area (Å²) < 4.78 is 12.8. The van der Waals surface area contributed by atoms with E-state index in [1.165, 1.54) is 11.7 Å². The van der Waals surface area contributed by atoms with E-state index in [1.807, 2.05) is 65.0 Å². The molecule has 1 amide bonds. The van der Waals surface area contributed by atoms with Gasteiger partial charge in [-0.1, -0.05) is 111 Å². The maximum absolute atomic E-state index is 11.9. The van der Waals surface area contributed by atoms with Crippen LogP contribution in [-0.2, 0) is 21.3 Å². The molecule has 11 heteroatoms. The van der Waals surface area contributed by atoms with E-state index in [9.17, 15) is 13.8 Å². The number of allylic oxidation sites excluding steroid dienone is 6. The van der Waals surface area contributed by atoms with E-state index in [2.05, 4.69) is 53.2 Å². The maximum atomic E-state index is 11.9. The highest BCUT2D eigenvalue weighted by Crippen LogP contribution is 2.24. The molecule has 1 aromatic heterocycles. The second-order valence-corrected chi connectivity index (χ2v) is 11.3. The standard InChI is InChI=1S/C13H12Cl2N4O.C10H12O3S.C8H14.C3H6.C2H6/c1-3-4-11-17-12(13(20)16-2)19(18-11)8-5-6-9(14)10(15)7-8;11-10(12)6-7-14(13)8-9-4-2-1-3-5-9;1-3-5-7-8-6-4-2;1-3-2;1-2/h3-7H,1-2H3,(H,16,20);1-5H,6-8H2,(H,11,12);3,5-6,8H,4,7H2,1-2H3;3H,1H2,2H3;1-2H3/b4-3+;;5-3+,8-6-;;. The summed E-state index contributed by atoms with van der Waals surface area (Å²) in [4.78, 5) is 26.3. The second-order valence-electron chi connectivity index (χ2n) is 8.89. The summed E-state index contributed by atoms with van der Waals surface area (Å²) in [5.41, 5.74) is 1.59. The van der Waals surface area contributed by atoms with Gasteiger partial charge in [-0.3, -0.25) is 13.8 Å². The SMILES string of the molecule is C/C=C/C/C=C\CC.C/C=C/c1nc(C(=O)NC)n(-c2ccc(Cl)c(Cl)c2)n1.C=CC.CC.O=C(O)CCS(=O)Cc1ccccc1. The van der Waals surface area contributed by atoms with Crippen molar-refractivity contribution < 1.29 is 18.9 Å². The number of aliphatic carboxylic acids is 1. The smallest absolute Gasteiger partial charge is 0.304 e. The quantitative estimate of drug-likeness (QED) is 0.192. The first-order valence-electron chi connectivity index (χ1n) is 15.3. The number of carboxylic acids is 1. The van der Waals surface area contributed by atoms with E-state index < -0.39 is 16.8 Å². The molecule has 0 bridgehead atoms. The predicted molar refractivity (Wildman–Crippen MR) is 201 cm³/mol. The molecule has 0 saturated heterocycles. The first kappa shape index (κ1) is 45.3. The van der Waals surface area contributed by atoms with Gasteiger partial charge < -0.3 is 10.4 Å². The van der Waals surface area contributed by atoms with Crippen LogP contribution in [0.3, 0.4) is 0 Å². The summed E-state index contributed by atoms with van der Waals surface area (Å²) in [6.45, 7) is 15.3. The fourth-order valence-corrected chi connectivity index (χ4v) is 4.52. The minimum Gasteiger partial charge on any atom is -0.481 e. The minimum atomic E-state index is -1.07. The van der Waals surface area contributed by atoms with Crippen molar-refractivity contribution in [2.75, 3.05) is 12.8 Å². The highest BCUT2D eigenvalue weighted by molar-refractivity contribution is 7.84. The van der Waals surface area contributed by atoms with Gasteiger partial charge in [-0.15, -0.1) is 11.7 Å². The van der Waals surface area contributed by atoms with Gasteiger partial charge in [0.05, 0.1) is 22.2 Å². The zero-order chi connectivity index (χ0) is 36.0. The maximum Gasteiger partial charge on any atom is 0.304 e. The van der Waals surface area contributed by atoms with Crippen LogP contribution in [0.1, 0.15) is 82.8 Å². The number of carbonyl (C=O) groups excluding carboxylic acids is 1. The highest BCUT2D eigenvalue weighted by Gasteiger charge is 2.17. The molecular formula is C36H50Cl2N4O4S. The van der Waals surface area contributed by atoms with Crippen LogP contribution < -0.4 is 5.32 Å². The Bertz CT molecular complexity index is 1420. The summed E-state index contributed by atoms with van der Waals surface area (Å²) in [7, 11) is 0.461. The Morgan fingerprint density at radius 2 is 1.64 bits per heavy atom. The third-order valence-electron chi connectivity index (χ3n) is 5.14. The largest absolute Gasteiger partial charge is 0.481 e. The first-order chi connectivity index (χ1) is 22.6. The Balaban J connectivity index is 0. The average Bonchev–Trinajstić information content (AvgIpc) is 3.49. The van der Waals surface area contributed by atoms with E-state index in [1.54, 1.807) is 36.4 Å². The Labute approximate surface area is 293 Å². The fourth-order valence-electron chi connectivity index (χ4n) is 3.11. The van der Waals surface area contributed by atoms with Gasteiger partial charge in [-0.25, -0.2) is 9.67 Å². The normalized spacial score (nSPS) is 10.7. The van der Waals surface area contributed by atoms with Gasteiger partial charge >= 0.3 is 5.97 Å². The van der Waals surface area contributed by atoms with Crippen LogP contribution >= 0.6 is 23.2 Å². The van der Waals surface area contributed by atoms with Crippen LogP contribution in [0.15, 0.2) is 91.6 Å². The molecule has 258 valence electrons. The summed E-state index contributed by atoms with van der Waals surface area (Å²) in [5, 5.41) is 16.0. The van der Waals surface area contributed by atoms with E-state index in [4.69, 9.17) is 28.3 Å². The Morgan fingerprint density at radius 3 is 2.15 bits per heavy atom. The molecule has 0 radical (unpaired) electrons. The summed E-state index contributed by atoms with van der Waals surface area (Å²) >= 11 is 11.9. The Morgan fingerprint density at radius 1 is 1.00 bits per heavy atom. The number of halogens is 2. The van der Waals surface area contributed by atoms with Crippen molar-refractivity contribution in [3.05, 3.63) is 119 Å². The van der Waals surface area contributed by atoms with Crippen LogP contribution in [0.4, 0.5) is 0 Å². The van der Waals surface area contributed by atoms with Gasteiger partial charge in [-0.05, 0) is 63.5 Å². The molecule has 0 spiro atoms. The van der Waals surface area contributed by atoms with E-state index >= 15 is 0 Å². The average molecular weight is 706 g/mol. The summed E-state index contributed by atoms with van der Waals surface area (Å²) in [5.74, 6) is 0.0557. The number of rotatable bonds is 11. The first-order valence-corrected chi connectivity index (χ1v) is 17.5. The molecular weight excluding hydrogens is 655 g/mol. The molecule has 1 heterocycles. The van der Waals surface area contributed by atoms with Gasteiger partial charge in [0.2, 0.25) is 5.82 Å². The number of hydrogen-bond acceptors (Lipinski definition) is 5. The number of carbonyl (C=O) groups is 2. The zero-order valence-electron chi connectivity index (χ0n) is 28.6. The van der Waals surface area contributed by atoms with Gasteiger partial charge in [0.15, 0.2) is 5.82 Å². The number of nitrogens with zero attached hydrogens (tertiary/aromatic N) is 3. The number of hydrogen-bond donors (Lipinski definition) is 2. The van der Waals surface area contributed by atoms with Crippen LogP contribution in [0.2, 0.25) is 10.0 Å². The fraction of sp³-hybridized carbons (Fsp3) is 0.333. The van der Waals surface area contributed by atoms with Gasteiger partial charge in [0.1, 0.15) is 0 Å². The van der Waals surface area contributed by atoms with Crippen molar-refractivity contribution in [2.24, 2.45) is 0 Å². The molecule has 3 rings (SSSR count). The molecule has 0 aliphatic rings. The monoisotopic (exact) mass is 704 g/mol. The molecule has 0 saturated carbocycles. The lowest BCUT2D eigenvalue weighted by Crippen LogP contribution is -2.22. The van der Waals surface area contributed by atoms with E-state index in [0.717, 1.165) is 18.4 Å². The van der Waals surface area contributed by atoms with Crippen molar-refractivity contribution in [3.8, 4) is 5.69 Å². The zero-order valence-corrected chi connectivity index (χ0v) is 30.9. The molecule has 8 nitrogen and oxygen atoms in total. The molecule has 0 aliphatic heterocycles. The highest BCUT2D eigenvalue weighted by atomic mass is 35.5. The third-order valence-corrected chi connectivity index (χ3v) is 7.20. The van der Waals surface area contributed by atoms with Crippen LogP contribution in [0.5, 0.6) is 0 Å². The molecule has 1 atom stereocenters. The molecule has 1 unspecified atom stereocenters. The molecule has 0 aliphatic carbocycles. The number of nitrogens with one attached hydrogen (secondary N) is 1. The van der Waals surface area contributed by atoms with Gasteiger partial charge in [0, 0.05) is 29.4 Å². The summed E-state index contributed by atoms with van der Waals surface area (Å²) in [6, 6.07) is 14.4. The number of aromatic nitrogens is 3. The van der Waals surface area contributed by atoms with Crippen molar-refractivity contribution in [1.82, 2.24) is 20.1 Å². The van der Waals surface area contributed by atoms with Crippen molar-refractivity contribution in [3.63, 3.8) is 0 Å². The Hall–Kier alpha value is -3.79. The van der Waals surface area contributed by atoms with Gasteiger partial charge in [-0.2, -0.15) is 0 Å². The lowest BCUT2D eigenvalue weighted by Gasteiger charge is -2.05. The topological polar surface area (TPSA) is 114 Å². The van der Waals surface area contributed by atoms with Crippen molar-refractivity contribution in [2.45, 2.75) is 66.6 Å². The minimum absolute atomic E-state index is 0.0283. The van der Waals surface area contributed by atoms with Gasteiger partial charge in [0.25, 0.3) is 5.91 Å². The second kappa shape index (κ2) is 29.6. The number of amides is 1. The number of benzene rings is 2. The van der Waals surface area contributed by atoms with Crippen molar-refractivity contribution in [1.29, 1.82) is 0 Å². The van der Waals surface area contributed by atoms with E-state index in [0.29, 0.717) is 27.3 Å². The van der Waals surface area contributed by atoms with Crippen molar-refractivity contribution >= 4 is 52.0 Å². The molecule has 2 N–H and O–H groups in total. The summed E-state index contributed by atoms with van der Waals surface area (Å²) in [6.07, 6.45) is 16.0. The predicted octanol–water partition coefficient (Wildman–Crippen LogP) is 9.51. The molecule has 2 aromatic carbocycles. The van der Waals surface area contributed by atoms with Crippen LogP contribution in [-0.4, -0.2) is 48.8 Å². The third kappa shape index (κ3) is 21.6. The lowest BCUT2D eigenvalue weighted by molar-refractivity contribution is -0.136. The number of carboxylic acid groups (broad SMARTS) is 1.